The molecule has 22 heavy (non-hydrogen) atoms. The number of benzene rings is 1. The highest BCUT2D eigenvalue weighted by molar-refractivity contribution is 5.90. The Balaban J connectivity index is 2.16. The number of anilines is 1. The van der Waals surface area contributed by atoms with E-state index in [-0.39, 0.29) is 6.03 Å². The van der Waals surface area contributed by atoms with E-state index in [1.165, 1.54) is 12.8 Å². The minimum absolute atomic E-state index is 0.124. The first kappa shape index (κ1) is 16.3. The van der Waals surface area contributed by atoms with E-state index < -0.39 is 0 Å². The zero-order chi connectivity index (χ0) is 16.1. The number of hydrogen-bond donors (Lipinski definition) is 1. The molecule has 0 heterocycles. The first-order valence-electron chi connectivity index (χ1n) is 7.44. The molecule has 6 nitrogen and oxygen atoms in total. The van der Waals surface area contributed by atoms with Crippen LogP contribution in [0.4, 0.5) is 10.5 Å². The number of carbonyl (C=O) groups is 1. The molecule has 1 aromatic rings. The first-order chi connectivity index (χ1) is 10.6. The fourth-order valence-corrected chi connectivity index (χ4v) is 2.82. The summed E-state index contributed by atoms with van der Waals surface area (Å²) in [4.78, 5) is 14.1. The van der Waals surface area contributed by atoms with E-state index in [1.807, 2.05) is 7.05 Å². The van der Waals surface area contributed by atoms with Crippen LogP contribution >= 0.6 is 0 Å². The number of rotatable bonds is 5. The predicted octanol–water partition coefficient (Wildman–Crippen LogP) is 3.12. The van der Waals surface area contributed by atoms with E-state index in [0.717, 1.165) is 12.8 Å². The molecule has 6 heteroatoms. The molecule has 1 aromatic carbocycles. The molecule has 0 atom stereocenters. The average Bonchev–Trinajstić information content (AvgIpc) is 3.07. The molecule has 2 rings (SSSR count). The van der Waals surface area contributed by atoms with Gasteiger partial charge >= 0.3 is 6.03 Å². The Morgan fingerprint density at radius 3 is 2.09 bits per heavy atom. The summed E-state index contributed by atoms with van der Waals surface area (Å²) in [5, 5.41) is 2.89. The molecule has 122 valence electrons. The second kappa shape index (κ2) is 7.24. The van der Waals surface area contributed by atoms with E-state index in [0.29, 0.717) is 29.0 Å². The first-order valence-corrected chi connectivity index (χ1v) is 7.44. The van der Waals surface area contributed by atoms with Gasteiger partial charge in [-0.05, 0) is 12.8 Å². The highest BCUT2D eigenvalue weighted by Crippen LogP contribution is 2.40. The average molecular weight is 308 g/mol. The molecule has 1 saturated carbocycles. The predicted molar refractivity (Wildman–Crippen MR) is 85.1 cm³/mol. The van der Waals surface area contributed by atoms with Crippen LogP contribution in [0.2, 0.25) is 0 Å². The van der Waals surface area contributed by atoms with Gasteiger partial charge in [0.25, 0.3) is 0 Å². The van der Waals surface area contributed by atoms with Gasteiger partial charge < -0.3 is 24.4 Å². The summed E-state index contributed by atoms with van der Waals surface area (Å²) in [6.07, 6.45) is 4.51. The fourth-order valence-electron chi connectivity index (χ4n) is 2.82. The lowest BCUT2D eigenvalue weighted by Gasteiger charge is -2.25. The Bertz CT molecular complexity index is 502. The zero-order valence-corrected chi connectivity index (χ0v) is 13.6. The molecule has 0 radical (unpaired) electrons. The van der Waals surface area contributed by atoms with Crippen molar-refractivity contribution >= 4 is 11.7 Å². The van der Waals surface area contributed by atoms with Gasteiger partial charge in [0.05, 0.1) is 27.0 Å². The van der Waals surface area contributed by atoms with E-state index in [2.05, 4.69) is 5.32 Å². The third kappa shape index (κ3) is 3.37. The summed E-state index contributed by atoms with van der Waals surface area (Å²) in [5.41, 5.74) is 0.615. The van der Waals surface area contributed by atoms with E-state index in [1.54, 1.807) is 38.4 Å². The van der Waals surface area contributed by atoms with Crippen molar-refractivity contribution in [2.75, 3.05) is 33.7 Å². The lowest BCUT2D eigenvalue weighted by molar-refractivity contribution is 0.205. The maximum absolute atomic E-state index is 12.4. The van der Waals surface area contributed by atoms with E-state index >= 15 is 0 Å². The van der Waals surface area contributed by atoms with Crippen LogP contribution in [-0.4, -0.2) is 45.3 Å². The number of hydrogen-bond acceptors (Lipinski definition) is 4. The van der Waals surface area contributed by atoms with Crippen LogP contribution in [0, 0.1) is 0 Å². The topological polar surface area (TPSA) is 60.0 Å². The van der Waals surface area contributed by atoms with Gasteiger partial charge in [0.2, 0.25) is 5.75 Å². The minimum Gasteiger partial charge on any atom is -0.493 e. The van der Waals surface area contributed by atoms with Gasteiger partial charge in [0.15, 0.2) is 11.5 Å². The van der Waals surface area contributed by atoms with Crippen molar-refractivity contribution in [2.24, 2.45) is 0 Å². The van der Waals surface area contributed by atoms with E-state index in [9.17, 15) is 4.79 Å². The molecule has 0 spiro atoms. The Labute approximate surface area is 131 Å². The highest BCUT2D eigenvalue weighted by Gasteiger charge is 2.24. The third-order valence-corrected chi connectivity index (χ3v) is 4.11. The van der Waals surface area contributed by atoms with Crippen molar-refractivity contribution in [3.05, 3.63) is 12.1 Å². The second-order valence-corrected chi connectivity index (χ2v) is 5.39. The summed E-state index contributed by atoms with van der Waals surface area (Å²) >= 11 is 0. The zero-order valence-electron chi connectivity index (χ0n) is 13.6. The number of nitrogens with zero attached hydrogens (tertiary/aromatic N) is 1. The highest BCUT2D eigenvalue weighted by atomic mass is 16.5. The van der Waals surface area contributed by atoms with Gasteiger partial charge in [-0.2, -0.15) is 0 Å². The van der Waals surface area contributed by atoms with Crippen molar-refractivity contribution in [1.29, 1.82) is 0 Å². The number of carbonyl (C=O) groups excluding carboxylic acids is 1. The molecule has 0 aliphatic heterocycles. The second-order valence-electron chi connectivity index (χ2n) is 5.39. The van der Waals surface area contributed by atoms with Gasteiger partial charge in [-0.15, -0.1) is 0 Å². The summed E-state index contributed by atoms with van der Waals surface area (Å²) in [6.45, 7) is 0. The lowest BCUT2D eigenvalue weighted by Crippen LogP contribution is -2.38. The molecule has 1 aliphatic carbocycles. The number of nitrogens with one attached hydrogen (secondary N) is 1. The molecule has 0 saturated heterocycles. The van der Waals surface area contributed by atoms with Crippen LogP contribution < -0.4 is 19.5 Å². The number of ether oxygens (including phenoxy) is 3. The van der Waals surface area contributed by atoms with Gasteiger partial charge in [0, 0.05) is 25.2 Å². The Morgan fingerprint density at radius 2 is 1.64 bits per heavy atom. The molecular formula is C16H24N2O4. The largest absolute Gasteiger partial charge is 0.493 e. The monoisotopic (exact) mass is 308 g/mol. The fraction of sp³-hybridized carbons (Fsp3) is 0.562. The maximum Gasteiger partial charge on any atom is 0.321 e. The van der Waals surface area contributed by atoms with Crippen LogP contribution in [0.3, 0.4) is 0 Å². The molecule has 1 aliphatic rings. The maximum atomic E-state index is 12.4. The summed E-state index contributed by atoms with van der Waals surface area (Å²) < 4.78 is 15.9. The molecule has 0 unspecified atom stereocenters. The van der Waals surface area contributed by atoms with Gasteiger partial charge in [0.1, 0.15) is 0 Å². The standard InChI is InChI=1S/C16H24N2O4/c1-18(12-7-5-6-8-12)16(19)17-11-9-13(20-2)15(22-4)14(10-11)21-3/h9-10,12H,5-8H2,1-4H3,(H,17,19). The van der Waals surface area contributed by atoms with Crippen LogP contribution in [0.25, 0.3) is 0 Å². The number of methoxy groups -OCH3 is 3. The Kier molecular flexibility index (Phi) is 5.35. The molecule has 1 N–H and O–H groups in total. The number of amides is 2. The molecule has 1 fully saturated rings. The minimum atomic E-state index is -0.124. The molecule has 2 amide bonds. The third-order valence-electron chi connectivity index (χ3n) is 4.11. The Morgan fingerprint density at radius 1 is 1.09 bits per heavy atom. The van der Waals surface area contributed by atoms with Crippen LogP contribution in [0.5, 0.6) is 17.2 Å². The summed E-state index contributed by atoms with van der Waals surface area (Å²) in [7, 11) is 6.48. The van der Waals surface area contributed by atoms with E-state index in [4.69, 9.17) is 14.2 Å². The summed E-state index contributed by atoms with van der Waals surface area (Å²) in [5.74, 6) is 1.54. The normalized spacial score (nSPS) is 14.5. The number of urea groups is 1. The quantitative estimate of drug-likeness (QED) is 0.908. The SMILES string of the molecule is COc1cc(NC(=O)N(C)C2CCCC2)cc(OC)c1OC. The molecule has 0 bridgehead atoms. The van der Waals surface area contributed by atoms with Gasteiger partial charge in [-0.25, -0.2) is 4.79 Å². The van der Waals surface area contributed by atoms with Crippen molar-refractivity contribution in [1.82, 2.24) is 4.90 Å². The van der Waals surface area contributed by atoms with Crippen molar-refractivity contribution in [3.63, 3.8) is 0 Å². The van der Waals surface area contributed by atoms with Crippen LogP contribution in [0.15, 0.2) is 12.1 Å². The van der Waals surface area contributed by atoms with Crippen molar-refractivity contribution in [3.8, 4) is 17.2 Å². The van der Waals surface area contributed by atoms with Crippen molar-refractivity contribution < 1.29 is 19.0 Å². The van der Waals surface area contributed by atoms with Gasteiger partial charge in [-0.3, -0.25) is 0 Å². The molecular weight excluding hydrogens is 284 g/mol. The van der Waals surface area contributed by atoms with Crippen LogP contribution in [-0.2, 0) is 0 Å². The smallest absolute Gasteiger partial charge is 0.321 e. The van der Waals surface area contributed by atoms with Crippen LogP contribution in [0.1, 0.15) is 25.7 Å². The Hall–Kier alpha value is -2.11. The van der Waals surface area contributed by atoms with Gasteiger partial charge in [-0.1, -0.05) is 12.8 Å². The lowest BCUT2D eigenvalue weighted by atomic mass is 10.2. The van der Waals surface area contributed by atoms with Crippen molar-refractivity contribution in [2.45, 2.75) is 31.7 Å². The summed E-state index contributed by atoms with van der Waals surface area (Å²) in [6, 6.07) is 3.65. The molecule has 0 aromatic heterocycles.